The van der Waals surface area contributed by atoms with Crippen molar-refractivity contribution in [2.45, 2.75) is 33.5 Å². The molecule has 2 nitrogen and oxygen atoms in total. The zero-order valence-corrected chi connectivity index (χ0v) is 10.3. The van der Waals surface area contributed by atoms with Crippen molar-refractivity contribution in [2.75, 3.05) is 6.61 Å². The Hall–Kier alpha value is -1.28. The second-order valence-electron chi connectivity index (χ2n) is 3.63. The smallest absolute Gasteiger partial charge is 0.196 e. The first-order valence-corrected chi connectivity index (χ1v) is 5.77. The molecule has 0 bridgehead atoms. The van der Waals surface area contributed by atoms with Crippen LogP contribution in [0, 0.1) is 0 Å². The monoisotopic (exact) mass is 220 g/mol. The van der Waals surface area contributed by atoms with Crippen LogP contribution in [0.4, 0.5) is 0 Å². The molecule has 0 spiro atoms. The number of benzene rings is 1. The third kappa shape index (κ3) is 4.49. The van der Waals surface area contributed by atoms with Gasteiger partial charge in [0.1, 0.15) is 5.75 Å². The number of ether oxygens (including phenoxy) is 2. The van der Waals surface area contributed by atoms with Gasteiger partial charge >= 0.3 is 0 Å². The average Bonchev–Trinajstić information content (AvgIpc) is 2.27. The van der Waals surface area contributed by atoms with Gasteiger partial charge < -0.3 is 9.47 Å². The zero-order chi connectivity index (χ0) is 11.8. The molecule has 0 aliphatic rings. The molecule has 0 aliphatic heterocycles. The Kier molecular flexibility index (Phi) is 5.65. The van der Waals surface area contributed by atoms with Crippen LogP contribution in [0.15, 0.2) is 30.3 Å². The first kappa shape index (κ1) is 12.8. The fourth-order valence-electron chi connectivity index (χ4n) is 1.39. The SMILES string of the molecule is CC=Cc1cccc(OC(C)OCCC)c1. The van der Waals surface area contributed by atoms with Gasteiger partial charge in [-0.2, -0.15) is 0 Å². The average molecular weight is 220 g/mol. The van der Waals surface area contributed by atoms with Crippen molar-refractivity contribution < 1.29 is 9.47 Å². The van der Waals surface area contributed by atoms with Gasteiger partial charge in [0.15, 0.2) is 6.29 Å². The molecule has 16 heavy (non-hydrogen) atoms. The highest BCUT2D eigenvalue weighted by molar-refractivity contribution is 5.51. The van der Waals surface area contributed by atoms with E-state index >= 15 is 0 Å². The van der Waals surface area contributed by atoms with Gasteiger partial charge in [-0.3, -0.25) is 0 Å². The summed E-state index contributed by atoms with van der Waals surface area (Å²) in [6, 6.07) is 7.98. The van der Waals surface area contributed by atoms with Crippen LogP contribution in [-0.2, 0) is 4.74 Å². The van der Waals surface area contributed by atoms with Crippen LogP contribution in [0.3, 0.4) is 0 Å². The molecule has 1 atom stereocenters. The summed E-state index contributed by atoms with van der Waals surface area (Å²) in [5.41, 5.74) is 1.14. The summed E-state index contributed by atoms with van der Waals surface area (Å²) in [5, 5.41) is 0. The van der Waals surface area contributed by atoms with E-state index in [1.807, 2.05) is 50.3 Å². The molecule has 1 unspecified atom stereocenters. The maximum atomic E-state index is 5.65. The molecule has 0 amide bonds. The first-order valence-electron chi connectivity index (χ1n) is 5.77. The number of rotatable bonds is 6. The largest absolute Gasteiger partial charge is 0.465 e. The zero-order valence-electron chi connectivity index (χ0n) is 10.3. The number of hydrogen-bond donors (Lipinski definition) is 0. The van der Waals surface area contributed by atoms with E-state index in [2.05, 4.69) is 6.92 Å². The van der Waals surface area contributed by atoms with Crippen molar-refractivity contribution in [3.05, 3.63) is 35.9 Å². The van der Waals surface area contributed by atoms with E-state index in [1.165, 1.54) is 0 Å². The highest BCUT2D eigenvalue weighted by atomic mass is 16.7. The van der Waals surface area contributed by atoms with Crippen molar-refractivity contribution in [3.8, 4) is 5.75 Å². The van der Waals surface area contributed by atoms with Crippen LogP contribution < -0.4 is 4.74 Å². The van der Waals surface area contributed by atoms with Gasteiger partial charge in [0, 0.05) is 0 Å². The Morgan fingerprint density at radius 2 is 2.19 bits per heavy atom. The predicted octanol–water partition coefficient (Wildman–Crippen LogP) is 3.87. The van der Waals surface area contributed by atoms with Crippen molar-refractivity contribution >= 4 is 6.08 Å². The summed E-state index contributed by atoms with van der Waals surface area (Å²) >= 11 is 0. The molecular weight excluding hydrogens is 200 g/mol. The molecule has 0 fully saturated rings. The van der Waals surface area contributed by atoms with Gasteiger partial charge in [-0.25, -0.2) is 0 Å². The van der Waals surface area contributed by atoms with Crippen molar-refractivity contribution in [3.63, 3.8) is 0 Å². The minimum Gasteiger partial charge on any atom is -0.465 e. The van der Waals surface area contributed by atoms with E-state index in [4.69, 9.17) is 9.47 Å². The fraction of sp³-hybridized carbons (Fsp3) is 0.429. The lowest BCUT2D eigenvalue weighted by molar-refractivity contribution is -0.0662. The summed E-state index contributed by atoms with van der Waals surface area (Å²) in [5.74, 6) is 0.846. The fourth-order valence-corrected chi connectivity index (χ4v) is 1.39. The van der Waals surface area contributed by atoms with Crippen LogP contribution in [0.5, 0.6) is 5.75 Å². The maximum absolute atomic E-state index is 5.65. The maximum Gasteiger partial charge on any atom is 0.196 e. The third-order valence-electron chi connectivity index (χ3n) is 2.08. The second-order valence-corrected chi connectivity index (χ2v) is 3.63. The minimum absolute atomic E-state index is 0.194. The van der Waals surface area contributed by atoms with Crippen LogP contribution in [0.25, 0.3) is 6.08 Å². The van der Waals surface area contributed by atoms with Gasteiger partial charge in [0.25, 0.3) is 0 Å². The first-order chi connectivity index (χ1) is 7.76. The lowest BCUT2D eigenvalue weighted by atomic mass is 10.2. The number of allylic oxidation sites excluding steroid dienone is 1. The van der Waals surface area contributed by atoms with Crippen LogP contribution in [0.1, 0.15) is 32.8 Å². The molecule has 0 heterocycles. The summed E-state index contributed by atoms with van der Waals surface area (Å²) in [4.78, 5) is 0. The molecule has 0 saturated heterocycles. The molecule has 0 N–H and O–H groups in total. The van der Waals surface area contributed by atoms with E-state index in [9.17, 15) is 0 Å². The Labute approximate surface area is 97.9 Å². The lowest BCUT2D eigenvalue weighted by Gasteiger charge is -2.15. The van der Waals surface area contributed by atoms with Crippen molar-refractivity contribution in [2.24, 2.45) is 0 Å². The molecular formula is C14H20O2. The molecule has 1 rings (SSSR count). The van der Waals surface area contributed by atoms with Gasteiger partial charge in [-0.05, 0) is 38.0 Å². The van der Waals surface area contributed by atoms with E-state index in [-0.39, 0.29) is 6.29 Å². The van der Waals surface area contributed by atoms with Crippen LogP contribution in [-0.4, -0.2) is 12.9 Å². The second kappa shape index (κ2) is 7.07. The Balaban J connectivity index is 2.55. The topological polar surface area (TPSA) is 18.5 Å². The van der Waals surface area contributed by atoms with Gasteiger partial charge in [0.2, 0.25) is 0 Å². The third-order valence-corrected chi connectivity index (χ3v) is 2.08. The summed E-state index contributed by atoms with van der Waals surface area (Å²) in [6.07, 6.45) is 4.87. The van der Waals surface area contributed by atoms with Crippen LogP contribution in [0.2, 0.25) is 0 Å². The van der Waals surface area contributed by atoms with E-state index in [0.29, 0.717) is 0 Å². The molecule has 0 aromatic heterocycles. The minimum atomic E-state index is -0.194. The Morgan fingerprint density at radius 3 is 2.88 bits per heavy atom. The quantitative estimate of drug-likeness (QED) is 0.677. The Bertz CT molecular complexity index is 331. The van der Waals surface area contributed by atoms with Crippen molar-refractivity contribution in [1.29, 1.82) is 0 Å². The molecule has 1 aromatic carbocycles. The van der Waals surface area contributed by atoms with E-state index < -0.39 is 0 Å². The molecule has 0 radical (unpaired) electrons. The molecule has 0 aliphatic carbocycles. The predicted molar refractivity (Wildman–Crippen MR) is 67.5 cm³/mol. The standard InChI is InChI=1S/C14H20O2/c1-4-7-13-8-6-9-14(11-13)16-12(3)15-10-5-2/h4,6-9,11-12H,5,10H2,1-3H3. The Morgan fingerprint density at radius 1 is 1.38 bits per heavy atom. The molecule has 88 valence electrons. The van der Waals surface area contributed by atoms with Gasteiger partial charge in [0.05, 0.1) is 6.61 Å². The van der Waals surface area contributed by atoms with Gasteiger partial charge in [-0.15, -0.1) is 0 Å². The lowest BCUT2D eigenvalue weighted by Crippen LogP contribution is -2.16. The normalized spacial score (nSPS) is 12.9. The van der Waals surface area contributed by atoms with Crippen LogP contribution >= 0.6 is 0 Å². The highest BCUT2D eigenvalue weighted by Gasteiger charge is 2.03. The molecule has 0 saturated carbocycles. The summed E-state index contributed by atoms with van der Waals surface area (Å²) in [7, 11) is 0. The summed E-state index contributed by atoms with van der Waals surface area (Å²) < 4.78 is 11.1. The summed E-state index contributed by atoms with van der Waals surface area (Å²) in [6.45, 7) is 6.73. The molecule has 2 heteroatoms. The number of hydrogen-bond acceptors (Lipinski definition) is 2. The van der Waals surface area contributed by atoms with E-state index in [1.54, 1.807) is 0 Å². The van der Waals surface area contributed by atoms with Gasteiger partial charge in [-0.1, -0.05) is 31.2 Å². The van der Waals surface area contributed by atoms with E-state index in [0.717, 1.165) is 24.3 Å². The molecule has 1 aromatic rings. The van der Waals surface area contributed by atoms with Crippen molar-refractivity contribution in [1.82, 2.24) is 0 Å². The highest BCUT2D eigenvalue weighted by Crippen LogP contribution is 2.16.